The number of furan rings is 1. The number of hydrogen-bond acceptors (Lipinski definition) is 6. The third-order valence-electron chi connectivity index (χ3n) is 5.82. The van der Waals surface area contributed by atoms with Crippen LogP contribution in [0.1, 0.15) is 42.7 Å². The number of unbranched alkanes of at least 4 members (excludes halogenated alkanes) is 1. The van der Waals surface area contributed by atoms with Crippen LogP contribution in [0.5, 0.6) is 11.5 Å². The average Bonchev–Trinajstić information content (AvgIpc) is 3.47. The van der Waals surface area contributed by atoms with Crippen molar-refractivity contribution in [1.29, 1.82) is 0 Å². The predicted octanol–water partition coefficient (Wildman–Crippen LogP) is 5.23. The van der Waals surface area contributed by atoms with Gasteiger partial charge in [-0.05, 0) is 60.5 Å². The van der Waals surface area contributed by atoms with Crippen molar-refractivity contribution in [2.24, 2.45) is 0 Å². The van der Waals surface area contributed by atoms with Crippen molar-refractivity contribution >= 4 is 17.4 Å². The molecule has 1 aliphatic rings. The van der Waals surface area contributed by atoms with E-state index in [4.69, 9.17) is 13.9 Å². The Morgan fingerprint density at radius 2 is 1.89 bits per heavy atom. The van der Waals surface area contributed by atoms with Gasteiger partial charge in [-0.3, -0.25) is 9.59 Å². The minimum absolute atomic E-state index is 0.0134. The van der Waals surface area contributed by atoms with E-state index in [0.29, 0.717) is 29.4 Å². The number of hydrogen-bond donors (Lipinski definition) is 1. The molecule has 35 heavy (non-hydrogen) atoms. The van der Waals surface area contributed by atoms with Gasteiger partial charge in [-0.25, -0.2) is 4.39 Å². The number of aliphatic hydroxyl groups is 1. The number of benzene rings is 2. The van der Waals surface area contributed by atoms with Gasteiger partial charge < -0.3 is 23.9 Å². The summed E-state index contributed by atoms with van der Waals surface area (Å²) in [4.78, 5) is 27.6. The van der Waals surface area contributed by atoms with Crippen molar-refractivity contribution in [3.05, 3.63) is 89.1 Å². The number of nitrogens with zero attached hydrogens (tertiary/aromatic N) is 1. The SMILES string of the molecule is CCCCOc1ccc([C@H]2C(=C(O)c3ccc(F)cc3)C(=O)C(=O)N2Cc2ccco2)cc1OC. The summed E-state index contributed by atoms with van der Waals surface area (Å²) in [6.45, 7) is 2.60. The zero-order valence-corrected chi connectivity index (χ0v) is 19.5. The summed E-state index contributed by atoms with van der Waals surface area (Å²) in [5.41, 5.74) is 0.660. The Morgan fingerprint density at radius 3 is 2.54 bits per heavy atom. The second-order valence-corrected chi connectivity index (χ2v) is 8.13. The lowest BCUT2D eigenvalue weighted by atomic mass is 9.95. The summed E-state index contributed by atoms with van der Waals surface area (Å²) < 4.78 is 30.2. The van der Waals surface area contributed by atoms with Crippen LogP contribution in [0, 0.1) is 5.82 Å². The molecule has 1 amide bonds. The number of halogens is 1. The quantitative estimate of drug-likeness (QED) is 0.196. The number of carbonyl (C=O) groups is 2. The minimum Gasteiger partial charge on any atom is -0.507 e. The van der Waals surface area contributed by atoms with Gasteiger partial charge in [0.25, 0.3) is 11.7 Å². The molecular formula is C27H26FNO6. The number of aliphatic hydroxyl groups excluding tert-OH is 1. The Morgan fingerprint density at radius 1 is 1.11 bits per heavy atom. The van der Waals surface area contributed by atoms with E-state index in [9.17, 15) is 19.1 Å². The van der Waals surface area contributed by atoms with Crippen LogP contribution < -0.4 is 9.47 Å². The fraction of sp³-hybridized carbons (Fsp3) is 0.259. The van der Waals surface area contributed by atoms with E-state index in [0.717, 1.165) is 12.8 Å². The summed E-state index contributed by atoms with van der Waals surface area (Å²) in [5, 5.41) is 11.1. The molecule has 2 aromatic carbocycles. The molecule has 2 heterocycles. The topological polar surface area (TPSA) is 89.2 Å². The third kappa shape index (κ3) is 4.91. The molecule has 3 aromatic rings. The lowest BCUT2D eigenvalue weighted by Crippen LogP contribution is -2.29. The molecule has 8 heteroatoms. The Kier molecular flexibility index (Phi) is 7.19. The zero-order valence-electron chi connectivity index (χ0n) is 19.5. The predicted molar refractivity (Wildman–Crippen MR) is 126 cm³/mol. The van der Waals surface area contributed by atoms with E-state index < -0.39 is 29.3 Å². The van der Waals surface area contributed by atoms with Gasteiger partial charge in [-0.2, -0.15) is 0 Å². The number of Topliss-reactive ketones (excluding diaryl/α,β-unsaturated/α-hetero) is 1. The maximum absolute atomic E-state index is 13.5. The maximum atomic E-state index is 13.5. The van der Waals surface area contributed by atoms with E-state index >= 15 is 0 Å². The van der Waals surface area contributed by atoms with E-state index in [-0.39, 0.29) is 17.7 Å². The van der Waals surface area contributed by atoms with Gasteiger partial charge in [0, 0.05) is 5.56 Å². The van der Waals surface area contributed by atoms with Crippen LogP contribution in [0.15, 0.2) is 70.9 Å². The van der Waals surface area contributed by atoms with Crippen molar-refractivity contribution in [1.82, 2.24) is 4.90 Å². The van der Waals surface area contributed by atoms with Gasteiger partial charge in [0.05, 0.1) is 38.1 Å². The number of ether oxygens (including phenoxy) is 2. The third-order valence-corrected chi connectivity index (χ3v) is 5.82. The van der Waals surface area contributed by atoms with Crippen LogP contribution in [0.4, 0.5) is 4.39 Å². The average molecular weight is 480 g/mol. The Bertz CT molecular complexity index is 1230. The molecule has 1 N–H and O–H groups in total. The largest absolute Gasteiger partial charge is 0.507 e. The molecule has 4 rings (SSSR count). The first-order valence-electron chi connectivity index (χ1n) is 11.3. The first kappa shape index (κ1) is 24.1. The molecule has 0 aliphatic carbocycles. The van der Waals surface area contributed by atoms with Crippen LogP contribution in [0.3, 0.4) is 0 Å². The number of amides is 1. The van der Waals surface area contributed by atoms with Crippen molar-refractivity contribution < 1.29 is 33.0 Å². The second kappa shape index (κ2) is 10.5. The minimum atomic E-state index is -0.927. The molecule has 1 saturated heterocycles. The lowest BCUT2D eigenvalue weighted by Gasteiger charge is -2.25. The fourth-order valence-corrected chi connectivity index (χ4v) is 4.02. The molecule has 1 aromatic heterocycles. The summed E-state index contributed by atoms with van der Waals surface area (Å²) >= 11 is 0. The van der Waals surface area contributed by atoms with Gasteiger partial charge in [-0.1, -0.05) is 19.4 Å². The Labute approximate surface area is 202 Å². The standard InChI is InChI=1S/C27H26FNO6/c1-3-4-13-35-21-12-9-18(15-22(21)33-2)24-23(25(30)17-7-10-19(28)11-8-17)26(31)27(32)29(24)16-20-6-5-14-34-20/h5-12,14-15,24,30H,3-4,13,16H2,1-2H3/t24-/m0/s1. The molecule has 0 radical (unpaired) electrons. The lowest BCUT2D eigenvalue weighted by molar-refractivity contribution is -0.140. The highest BCUT2D eigenvalue weighted by molar-refractivity contribution is 6.46. The number of carbonyl (C=O) groups excluding carboxylic acids is 2. The van der Waals surface area contributed by atoms with Gasteiger partial charge >= 0.3 is 0 Å². The summed E-state index contributed by atoms with van der Waals surface area (Å²) in [6, 6.07) is 12.6. The van der Waals surface area contributed by atoms with Gasteiger partial charge in [0.2, 0.25) is 0 Å². The maximum Gasteiger partial charge on any atom is 0.296 e. The van der Waals surface area contributed by atoms with Crippen LogP contribution in [-0.2, 0) is 16.1 Å². The zero-order chi connectivity index (χ0) is 24.9. The van der Waals surface area contributed by atoms with Crippen LogP contribution in [0.2, 0.25) is 0 Å². The smallest absolute Gasteiger partial charge is 0.296 e. The molecule has 0 bridgehead atoms. The van der Waals surface area contributed by atoms with E-state index in [2.05, 4.69) is 6.92 Å². The van der Waals surface area contributed by atoms with Crippen LogP contribution >= 0.6 is 0 Å². The highest BCUT2D eigenvalue weighted by atomic mass is 19.1. The number of rotatable bonds is 9. The monoisotopic (exact) mass is 479 g/mol. The van der Waals surface area contributed by atoms with E-state index in [1.165, 1.54) is 42.5 Å². The first-order valence-corrected chi connectivity index (χ1v) is 11.3. The first-order chi connectivity index (χ1) is 16.9. The Balaban J connectivity index is 1.82. The van der Waals surface area contributed by atoms with Gasteiger partial charge in [0.15, 0.2) is 11.5 Å². The highest BCUT2D eigenvalue weighted by Gasteiger charge is 2.46. The van der Waals surface area contributed by atoms with Crippen molar-refractivity contribution in [3.63, 3.8) is 0 Å². The highest BCUT2D eigenvalue weighted by Crippen LogP contribution is 2.42. The second-order valence-electron chi connectivity index (χ2n) is 8.13. The molecule has 0 unspecified atom stereocenters. The van der Waals surface area contributed by atoms with Crippen molar-refractivity contribution in [2.75, 3.05) is 13.7 Å². The number of methoxy groups -OCH3 is 1. The summed E-state index contributed by atoms with van der Waals surface area (Å²) in [5.74, 6) is -1.06. The normalized spacial score (nSPS) is 17.1. The van der Waals surface area contributed by atoms with Crippen molar-refractivity contribution in [2.45, 2.75) is 32.4 Å². The molecule has 1 atom stereocenters. The van der Waals surface area contributed by atoms with Gasteiger partial charge in [-0.15, -0.1) is 0 Å². The van der Waals surface area contributed by atoms with E-state index in [1.54, 1.807) is 30.3 Å². The summed E-state index contributed by atoms with van der Waals surface area (Å²) in [7, 11) is 1.50. The molecule has 0 spiro atoms. The van der Waals surface area contributed by atoms with Crippen LogP contribution in [-0.4, -0.2) is 35.4 Å². The van der Waals surface area contributed by atoms with E-state index in [1.807, 2.05) is 0 Å². The molecule has 0 saturated carbocycles. The summed E-state index contributed by atoms with van der Waals surface area (Å²) in [6.07, 6.45) is 3.34. The molecule has 7 nitrogen and oxygen atoms in total. The van der Waals surface area contributed by atoms with Crippen molar-refractivity contribution in [3.8, 4) is 11.5 Å². The van der Waals surface area contributed by atoms with Gasteiger partial charge in [0.1, 0.15) is 17.3 Å². The molecule has 182 valence electrons. The fourth-order valence-electron chi connectivity index (χ4n) is 4.02. The van der Waals surface area contributed by atoms with Crippen LogP contribution in [0.25, 0.3) is 5.76 Å². The number of likely N-dealkylation sites (tertiary alicyclic amines) is 1. The molecule has 1 aliphatic heterocycles. The molecule has 1 fully saturated rings. The molecular weight excluding hydrogens is 453 g/mol. The Hall–Kier alpha value is -4.07. The number of ketones is 1.